The maximum absolute atomic E-state index is 10.2. The Morgan fingerprint density at radius 1 is 1.53 bits per heavy atom. The Balaban J connectivity index is 3.05. The van der Waals surface area contributed by atoms with Gasteiger partial charge in [-0.25, -0.2) is 0 Å². The number of rotatable bonds is 5. The van der Waals surface area contributed by atoms with Gasteiger partial charge in [-0.2, -0.15) is 5.26 Å². The molecule has 1 aromatic carbocycles. The topological polar surface area (TPSA) is 53.2 Å². The number of methoxy groups -OCH3 is 1. The Bertz CT molecular complexity index is 414. The number of aliphatic hydroxyl groups is 1. The van der Waals surface area contributed by atoms with E-state index in [1.54, 1.807) is 19.2 Å². The normalized spacial score (nSPS) is 13.8. The molecule has 2 atom stereocenters. The highest BCUT2D eigenvalue weighted by Crippen LogP contribution is 2.33. The third-order valence-electron chi connectivity index (χ3n) is 2.66. The average Bonchev–Trinajstić information content (AvgIpc) is 2.35. The molecule has 0 amide bonds. The second-order valence-electron chi connectivity index (χ2n) is 3.86. The van der Waals surface area contributed by atoms with Crippen LogP contribution in [0.5, 0.6) is 5.75 Å². The van der Waals surface area contributed by atoms with E-state index in [2.05, 4.69) is 22.0 Å². The van der Waals surface area contributed by atoms with Crippen LogP contribution in [0, 0.1) is 17.2 Å². The summed E-state index contributed by atoms with van der Waals surface area (Å²) in [6, 6.07) is 7.57. The first-order chi connectivity index (χ1) is 8.13. The van der Waals surface area contributed by atoms with E-state index in [1.807, 2.05) is 13.0 Å². The number of benzene rings is 1. The summed E-state index contributed by atoms with van der Waals surface area (Å²) in [5.41, 5.74) is 0.655. The maximum Gasteiger partial charge on any atom is 0.124 e. The van der Waals surface area contributed by atoms with Crippen molar-refractivity contribution in [1.29, 1.82) is 5.26 Å². The van der Waals surface area contributed by atoms with Crippen LogP contribution < -0.4 is 4.74 Å². The lowest BCUT2D eigenvalue weighted by atomic mass is 9.92. The highest BCUT2D eigenvalue weighted by Gasteiger charge is 2.23. The van der Waals surface area contributed by atoms with E-state index >= 15 is 0 Å². The van der Waals surface area contributed by atoms with Crippen LogP contribution in [0.1, 0.15) is 31.4 Å². The average molecular weight is 298 g/mol. The Morgan fingerprint density at radius 2 is 2.24 bits per heavy atom. The number of nitriles is 1. The second kappa shape index (κ2) is 6.63. The number of aliphatic hydroxyl groups excluding tert-OH is 1. The third kappa shape index (κ3) is 3.45. The van der Waals surface area contributed by atoms with Crippen molar-refractivity contribution in [1.82, 2.24) is 0 Å². The number of ether oxygens (including phenoxy) is 1. The standard InChI is InChI=1S/C13H16BrNO2/c1-3-4-9(8-15)13(16)11-7-10(14)5-6-12(11)17-2/h5-7,9,13,16H,3-4H2,1-2H3. The molecule has 1 N–H and O–H groups in total. The highest BCUT2D eigenvalue weighted by molar-refractivity contribution is 9.10. The van der Waals surface area contributed by atoms with E-state index in [1.165, 1.54) is 0 Å². The van der Waals surface area contributed by atoms with Gasteiger partial charge in [-0.15, -0.1) is 0 Å². The molecule has 0 bridgehead atoms. The van der Waals surface area contributed by atoms with Gasteiger partial charge < -0.3 is 9.84 Å². The van der Waals surface area contributed by atoms with Crippen molar-refractivity contribution in [2.45, 2.75) is 25.9 Å². The van der Waals surface area contributed by atoms with E-state index in [0.29, 0.717) is 17.7 Å². The van der Waals surface area contributed by atoms with Gasteiger partial charge in [0.25, 0.3) is 0 Å². The van der Waals surface area contributed by atoms with Crippen molar-refractivity contribution in [3.05, 3.63) is 28.2 Å². The fraction of sp³-hybridized carbons (Fsp3) is 0.462. The Hall–Kier alpha value is -1.05. The van der Waals surface area contributed by atoms with Crippen LogP contribution in [-0.4, -0.2) is 12.2 Å². The van der Waals surface area contributed by atoms with Crippen LogP contribution in [0.4, 0.5) is 0 Å². The quantitative estimate of drug-likeness (QED) is 0.906. The van der Waals surface area contributed by atoms with E-state index < -0.39 is 12.0 Å². The molecule has 0 aliphatic rings. The minimum absolute atomic E-state index is 0.400. The number of nitrogens with zero attached hydrogens (tertiary/aromatic N) is 1. The van der Waals surface area contributed by atoms with Crippen LogP contribution in [0.2, 0.25) is 0 Å². The van der Waals surface area contributed by atoms with Crippen LogP contribution in [0.3, 0.4) is 0 Å². The molecule has 1 rings (SSSR count). The summed E-state index contributed by atoms with van der Waals surface area (Å²) >= 11 is 3.35. The summed E-state index contributed by atoms with van der Waals surface area (Å²) in [6.07, 6.45) is 0.728. The molecule has 0 heterocycles. The number of halogens is 1. The van der Waals surface area contributed by atoms with Crippen LogP contribution in [0.15, 0.2) is 22.7 Å². The number of hydrogen-bond acceptors (Lipinski definition) is 3. The summed E-state index contributed by atoms with van der Waals surface area (Å²) in [5, 5.41) is 19.3. The first kappa shape index (κ1) is 14.0. The number of hydrogen-bond donors (Lipinski definition) is 1. The Labute approximate surface area is 110 Å². The molecule has 3 nitrogen and oxygen atoms in total. The van der Waals surface area contributed by atoms with E-state index in [-0.39, 0.29) is 0 Å². The molecule has 1 aromatic rings. The van der Waals surface area contributed by atoms with E-state index in [4.69, 9.17) is 10.00 Å². The Kier molecular flexibility index (Phi) is 5.46. The van der Waals surface area contributed by atoms with Gasteiger partial charge in [-0.05, 0) is 24.6 Å². The summed E-state index contributed by atoms with van der Waals surface area (Å²) in [4.78, 5) is 0. The van der Waals surface area contributed by atoms with Gasteiger partial charge in [0.2, 0.25) is 0 Å². The van der Waals surface area contributed by atoms with Crippen LogP contribution >= 0.6 is 15.9 Å². The molecule has 0 saturated heterocycles. The van der Waals surface area contributed by atoms with Gasteiger partial charge in [-0.3, -0.25) is 0 Å². The van der Waals surface area contributed by atoms with Gasteiger partial charge in [-0.1, -0.05) is 29.3 Å². The van der Waals surface area contributed by atoms with Crippen molar-refractivity contribution >= 4 is 15.9 Å². The Morgan fingerprint density at radius 3 is 2.76 bits per heavy atom. The molecule has 0 saturated carbocycles. The van der Waals surface area contributed by atoms with Gasteiger partial charge in [0, 0.05) is 10.0 Å². The zero-order valence-electron chi connectivity index (χ0n) is 9.98. The highest BCUT2D eigenvalue weighted by atomic mass is 79.9. The largest absolute Gasteiger partial charge is 0.496 e. The zero-order chi connectivity index (χ0) is 12.8. The fourth-order valence-electron chi connectivity index (χ4n) is 1.76. The molecular weight excluding hydrogens is 282 g/mol. The molecule has 2 unspecified atom stereocenters. The smallest absolute Gasteiger partial charge is 0.124 e. The predicted molar refractivity (Wildman–Crippen MR) is 69.7 cm³/mol. The minimum atomic E-state index is -0.813. The first-order valence-electron chi connectivity index (χ1n) is 5.55. The van der Waals surface area contributed by atoms with Gasteiger partial charge >= 0.3 is 0 Å². The molecule has 4 heteroatoms. The minimum Gasteiger partial charge on any atom is -0.496 e. The molecule has 0 fully saturated rings. The lowest BCUT2D eigenvalue weighted by Crippen LogP contribution is -2.12. The molecule has 92 valence electrons. The second-order valence-corrected chi connectivity index (χ2v) is 4.77. The zero-order valence-corrected chi connectivity index (χ0v) is 11.6. The molecular formula is C13H16BrNO2. The van der Waals surface area contributed by atoms with Crippen molar-refractivity contribution in [2.24, 2.45) is 5.92 Å². The monoisotopic (exact) mass is 297 g/mol. The fourth-order valence-corrected chi connectivity index (χ4v) is 2.14. The molecule has 17 heavy (non-hydrogen) atoms. The van der Waals surface area contributed by atoms with Crippen molar-refractivity contribution in [3.8, 4) is 11.8 Å². The first-order valence-corrected chi connectivity index (χ1v) is 6.34. The van der Waals surface area contributed by atoms with Crippen LogP contribution in [-0.2, 0) is 0 Å². The van der Waals surface area contributed by atoms with Crippen molar-refractivity contribution in [3.63, 3.8) is 0 Å². The van der Waals surface area contributed by atoms with Crippen LogP contribution in [0.25, 0.3) is 0 Å². The maximum atomic E-state index is 10.2. The van der Waals surface area contributed by atoms with Crippen molar-refractivity contribution in [2.75, 3.05) is 7.11 Å². The molecule has 0 aliphatic carbocycles. The predicted octanol–water partition coefficient (Wildman–Crippen LogP) is 3.43. The van der Waals surface area contributed by atoms with Gasteiger partial charge in [0.05, 0.1) is 25.2 Å². The SMILES string of the molecule is CCCC(C#N)C(O)c1cc(Br)ccc1OC. The molecule has 0 spiro atoms. The van der Waals surface area contributed by atoms with E-state index in [9.17, 15) is 5.11 Å². The third-order valence-corrected chi connectivity index (χ3v) is 3.15. The lowest BCUT2D eigenvalue weighted by molar-refractivity contribution is 0.126. The summed E-state index contributed by atoms with van der Waals surface area (Å²) < 4.78 is 6.07. The summed E-state index contributed by atoms with van der Waals surface area (Å²) in [7, 11) is 1.56. The van der Waals surface area contributed by atoms with Gasteiger partial charge in [0.15, 0.2) is 0 Å². The van der Waals surface area contributed by atoms with E-state index in [0.717, 1.165) is 10.9 Å². The molecule has 0 aromatic heterocycles. The molecule has 0 aliphatic heterocycles. The molecule has 0 radical (unpaired) electrons. The van der Waals surface area contributed by atoms with Crippen molar-refractivity contribution < 1.29 is 9.84 Å². The summed E-state index contributed by atoms with van der Waals surface area (Å²) in [6.45, 7) is 2.00. The van der Waals surface area contributed by atoms with Gasteiger partial charge in [0.1, 0.15) is 5.75 Å². The lowest BCUT2D eigenvalue weighted by Gasteiger charge is -2.19. The summed E-state index contributed by atoms with van der Waals surface area (Å²) in [5.74, 6) is 0.209.